The third kappa shape index (κ3) is 10.6. The van der Waals surface area contributed by atoms with E-state index in [1.54, 1.807) is 6.26 Å². The number of amides is 5. The molecule has 30 heavy (non-hydrogen) atoms. The molecule has 5 amide bonds. The number of nitrogens with two attached hydrogens (primary N) is 3. The highest BCUT2D eigenvalue weighted by Crippen LogP contribution is 2.03. The number of hydrogen-bond donors (Lipinski definition) is 7. The lowest BCUT2D eigenvalue weighted by atomic mass is 10.1. The van der Waals surface area contributed by atoms with Gasteiger partial charge in [-0.05, 0) is 25.4 Å². The van der Waals surface area contributed by atoms with Gasteiger partial charge in [-0.2, -0.15) is 11.8 Å². The Bertz CT molecular complexity index is 672. The van der Waals surface area contributed by atoms with E-state index in [1.165, 1.54) is 18.7 Å². The van der Waals surface area contributed by atoms with Gasteiger partial charge in [-0.15, -0.1) is 0 Å². The van der Waals surface area contributed by atoms with Crippen molar-refractivity contribution in [1.82, 2.24) is 16.0 Å². The summed E-state index contributed by atoms with van der Waals surface area (Å²) in [6.45, 7) is 1.35. The molecule has 10 N–H and O–H groups in total. The van der Waals surface area contributed by atoms with Crippen LogP contribution in [0, 0.1) is 0 Å². The number of carbonyl (C=O) groups excluding carboxylic acids is 5. The highest BCUT2D eigenvalue weighted by molar-refractivity contribution is 7.98. The first-order valence-corrected chi connectivity index (χ1v) is 10.2. The lowest BCUT2D eigenvalue weighted by molar-refractivity contribution is -0.142. The summed E-state index contributed by atoms with van der Waals surface area (Å²) in [5.41, 5.74) is 15.6. The van der Waals surface area contributed by atoms with E-state index >= 15 is 0 Å². The first kappa shape index (κ1) is 27.1. The van der Waals surface area contributed by atoms with Crippen molar-refractivity contribution in [3.63, 3.8) is 0 Å². The molecule has 0 aromatic rings. The standard InChI is InChI=1S/C16H28N6O7S/c1-7(17)13(25)21-9(5-11(18)23)15(27)22-10(6-12(19)24)14(26)20-8(16(28)29)3-4-30-2/h7-10H,3-6,17H2,1-2H3,(H2,18,23)(H2,19,24)(H,20,26)(H,21,25)(H,22,27)(H,28,29). The Balaban J connectivity index is 5.42. The fourth-order valence-corrected chi connectivity index (χ4v) is 2.63. The van der Waals surface area contributed by atoms with Crippen LogP contribution in [0.15, 0.2) is 0 Å². The number of hydrogen-bond acceptors (Lipinski definition) is 8. The molecule has 0 saturated carbocycles. The van der Waals surface area contributed by atoms with Crippen LogP contribution in [-0.4, -0.2) is 76.8 Å². The second-order valence-electron chi connectivity index (χ2n) is 6.43. The molecule has 13 nitrogen and oxygen atoms in total. The number of rotatable bonds is 14. The molecule has 0 bridgehead atoms. The van der Waals surface area contributed by atoms with Gasteiger partial charge in [0.2, 0.25) is 29.5 Å². The predicted octanol–water partition coefficient (Wildman–Crippen LogP) is -3.62. The minimum absolute atomic E-state index is 0.105. The number of carboxylic acid groups (broad SMARTS) is 1. The minimum Gasteiger partial charge on any atom is -0.480 e. The van der Waals surface area contributed by atoms with E-state index in [-0.39, 0.29) is 6.42 Å². The molecule has 0 rings (SSSR count). The molecule has 0 radical (unpaired) electrons. The first-order chi connectivity index (χ1) is 13.9. The third-order valence-electron chi connectivity index (χ3n) is 3.72. The molecule has 4 atom stereocenters. The van der Waals surface area contributed by atoms with Gasteiger partial charge in [0.15, 0.2) is 0 Å². The van der Waals surface area contributed by atoms with Crippen molar-refractivity contribution in [2.45, 2.75) is 50.4 Å². The number of carboxylic acids is 1. The molecule has 0 fully saturated rings. The Morgan fingerprint density at radius 3 is 1.57 bits per heavy atom. The van der Waals surface area contributed by atoms with Gasteiger partial charge in [0.05, 0.1) is 18.9 Å². The van der Waals surface area contributed by atoms with Crippen LogP contribution in [-0.2, 0) is 28.8 Å². The van der Waals surface area contributed by atoms with Crippen LogP contribution in [0.5, 0.6) is 0 Å². The van der Waals surface area contributed by atoms with Crippen molar-refractivity contribution in [3.8, 4) is 0 Å². The molecule has 170 valence electrons. The zero-order valence-electron chi connectivity index (χ0n) is 16.7. The van der Waals surface area contributed by atoms with E-state index < -0.39 is 72.5 Å². The molecule has 0 aromatic heterocycles. The quantitative estimate of drug-likeness (QED) is 0.139. The lowest BCUT2D eigenvalue weighted by Crippen LogP contribution is -2.58. The Morgan fingerprint density at radius 1 is 0.833 bits per heavy atom. The molecule has 14 heteroatoms. The molecule has 0 saturated heterocycles. The van der Waals surface area contributed by atoms with Gasteiger partial charge in [0, 0.05) is 0 Å². The largest absolute Gasteiger partial charge is 0.480 e. The summed E-state index contributed by atoms with van der Waals surface area (Å²) < 4.78 is 0. The number of thioether (sulfide) groups is 1. The molecule has 0 heterocycles. The van der Waals surface area contributed by atoms with Crippen LogP contribution in [0.1, 0.15) is 26.2 Å². The summed E-state index contributed by atoms with van der Waals surface area (Å²) in [6.07, 6.45) is 0.623. The zero-order chi connectivity index (χ0) is 23.4. The lowest BCUT2D eigenvalue weighted by Gasteiger charge is -2.24. The van der Waals surface area contributed by atoms with Crippen LogP contribution < -0.4 is 33.2 Å². The summed E-state index contributed by atoms with van der Waals surface area (Å²) >= 11 is 1.37. The van der Waals surface area contributed by atoms with E-state index in [0.29, 0.717) is 5.75 Å². The zero-order valence-corrected chi connectivity index (χ0v) is 17.5. The van der Waals surface area contributed by atoms with E-state index in [0.717, 1.165) is 0 Å². The monoisotopic (exact) mass is 448 g/mol. The van der Waals surface area contributed by atoms with E-state index in [9.17, 15) is 33.9 Å². The summed E-state index contributed by atoms with van der Waals surface area (Å²) in [7, 11) is 0. The van der Waals surface area contributed by atoms with Crippen LogP contribution in [0.25, 0.3) is 0 Å². The second-order valence-corrected chi connectivity index (χ2v) is 7.42. The maximum atomic E-state index is 12.5. The van der Waals surface area contributed by atoms with Crippen molar-refractivity contribution in [1.29, 1.82) is 0 Å². The van der Waals surface area contributed by atoms with Gasteiger partial charge in [0.1, 0.15) is 18.1 Å². The van der Waals surface area contributed by atoms with E-state index in [4.69, 9.17) is 17.2 Å². The Labute approximate surface area is 177 Å². The highest BCUT2D eigenvalue weighted by atomic mass is 32.2. The van der Waals surface area contributed by atoms with Gasteiger partial charge in [-0.3, -0.25) is 24.0 Å². The fraction of sp³-hybridized carbons (Fsp3) is 0.625. The number of carbonyl (C=O) groups is 6. The molecule has 0 aliphatic heterocycles. The maximum Gasteiger partial charge on any atom is 0.326 e. The summed E-state index contributed by atoms with van der Waals surface area (Å²) in [4.78, 5) is 70.6. The van der Waals surface area contributed by atoms with Gasteiger partial charge in [-0.1, -0.05) is 0 Å². The molecule has 0 aliphatic carbocycles. The molecule has 4 unspecified atom stereocenters. The topological polar surface area (TPSA) is 237 Å². The van der Waals surface area contributed by atoms with Gasteiger partial charge < -0.3 is 38.3 Å². The van der Waals surface area contributed by atoms with Crippen molar-refractivity contribution < 1.29 is 33.9 Å². The number of primary amides is 2. The number of nitrogens with one attached hydrogen (secondary N) is 3. The predicted molar refractivity (Wildman–Crippen MR) is 108 cm³/mol. The van der Waals surface area contributed by atoms with E-state index in [2.05, 4.69) is 16.0 Å². The first-order valence-electron chi connectivity index (χ1n) is 8.84. The van der Waals surface area contributed by atoms with Crippen LogP contribution in [0.3, 0.4) is 0 Å². The van der Waals surface area contributed by atoms with Crippen molar-refractivity contribution in [2.24, 2.45) is 17.2 Å². The van der Waals surface area contributed by atoms with Crippen LogP contribution in [0.2, 0.25) is 0 Å². The molecule has 0 spiro atoms. The van der Waals surface area contributed by atoms with Gasteiger partial charge in [-0.25, -0.2) is 4.79 Å². The summed E-state index contributed by atoms with van der Waals surface area (Å²) in [5, 5.41) is 15.8. The Kier molecular flexibility index (Phi) is 12.1. The smallest absolute Gasteiger partial charge is 0.326 e. The number of aliphatic carboxylic acids is 1. The maximum absolute atomic E-state index is 12.5. The van der Waals surface area contributed by atoms with Crippen molar-refractivity contribution in [3.05, 3.63) is 0 Å². The molecule has 0 aliphatic rings. The van der Waals surface area contributed by atoms with Crippen LogP contribution in [0.4, 0.5) is 0 Å². The summed E-state index contributed by atoms with van der Waals surface area (Å²) in [6, 6.07) is -5.24. The fourth-order valence-electron chi connectivity index (χ4n) is 2.16. The van der Waals surface area contributed by atoms with Crippen LogP contribution >= 0.6 is 11.8 Å². The second kappa shape index (κ2) is 13.4. The van der Waals surface area contributed by atoms with Gasteiger partial charge >= 0.3 is 5.97 Å². The molecular formula is C16H28N6O7S. The normalized spacial score (nSPS) is 14.5. The van der Waals surface area contributed by atoms with Gasteiger partial charge in [0.25, 0.3) is 0 Å². The Hall–Kier alpha value is -2.87. The van der Waals surface area contributed by atoms with Crippen molar-refractivity contribution >= 4 is 47.3 Å². The highest BCUT2D eigenvalue weighted by Gasteiger charge is 2.31. The average molecular weight is 449 g/mol. The summed E-state index contributed by atoms with van der Waals surface area (Å²) in [5.74, 6) is -5.44. The SMILES string of the molecule is CSCCC(NC(=O)C(CC(N)=O)NC(=O)C(CC(N)=O)NC(=O)C(C)N)C(=O)O. The molecular weight excluding hydrogens is 420 g/mol. The third-order valence-corrected chi connectivity index (χ3v) is 4.36. The van der Waals surface area contributed by atoms with E-state index in [1.807, 2.05) is 0 Å². The molecule has 0 aromatic carbocycles. The Morgan fingerprint density at radius 2 is 1.23 bits per heavy atom. The van der Waals surface area contributed by atoms with Crippen molar-refractivity contribution in [2.75, 3.05) is 12.0 Å². The minimum atomic E-state index is -1.53. The average Bonchev–Trinajstić information content (AvgIpc) is 2.62.